The lowest BCUT2D eigenvalue weighted by Gasteiger charge is -2.16. The maximum absolute atomic E-state index is 12.1. The van der Waals surface area contributed by atoms with Gasteiger partial charge in [0.25, 0.3) is 5.69 Å². The molecule has 0 saturated heterocycles. The summed E-state index contributed by atoms with van der Waals surface area (Å²) in [5.41, 5.74) is 1.09. The summed E-state index contributed by atoms with van der Waals surface area (Å²) in [5, 5.41) is 13.8. The topological polar surface area (TPSA) is 77.3 Å². The average molecular weight is 341 g/mol. The van der Waals surface area contributed by atoms with E-state index < -0.39 is 11.3 Å². The Morgan fingerprint density at radius 1 is 1.29 bits per heavy atom. The number of aromatic nitrogens is 1. The Hall–Kier alpha value is -2.84. The SMILES string of the molecule is Cc1cc(N[C@@H](C)c2ccc(OC(F)(F)F)cc2)ncc1[N+](=O)[O-]. The molecule has 1 atom stereocenters. The Kier molecular flexibility index (Phi) is 4.91. The quantitative estimate of drug-likeness (QED) is 0.645. The molecule has 0 fully saturated rings. The molecule has 0 bridgehead atoms. The number of hydrogen-bond acceptors (Lipinski definition) is 5. The van der Waals surface area contributed by atoms with Crippen molar-refractivity contribution >= 4 is 11.5 Å². The van der Waals surface area contributed by atoms with Gasteiger partial charge in [-0.15, -0.1) is 13.2 Å². The summed E-state index contributed by atoms with van der Waals surface area (Å²) in [4.78, 5) is 14.2. The van der Waals surface area contributed by atoms with Crippen molar-refractivity contribution in [1.82, 2.24) is 4.98 Å². The minimum Gasteiger partial charge on any atom is -0.406 e. The van der Waals surface area contributed by atoms with Crippen LogP contribution in [0.5, 0.6) is 5.75 Å². The molecule has 1 N–H and O–H groups in total. The van der Waals surface area contributed by atoms with Gasteiger partial charge >= 0.3 is 6.36 Å². The van der Waals surface area contributed by atoms with Gasteiger partial charge in [-0.3, -0.25) is 10.1 Å². The third-order valence-electron chi connectivity index (χ3n) is 3.26. The first kappa shape index (κ1) is 17.5. The molecule has 0 unspecified atom stereocenters. The highest BCUT2D eigenvalue weighted by Gasteiger charge is 2.31. The smallest absolute Gasteiger partial charge is 0.406 e. The van der Waals surface area contributed by atoms with Gasteiger partial charge in [-0.1, -0.05) is 12.1 Å². The first-order valence-electron chi connectivity index (χ1n) is 6.89. The van der Waals surface area contributed by atoms with E-state index >= 15 is 0 Å². The fourth-order valence-electron chi connectivity index (χ4n) is 2.08. The van der Waals surface area contributed by atoms with Gasteiger partial charge in [0.05, 0.1) is 4.92 Å². The Labute approximate surface area is 135 Å². The van der Waals surface area contributed by atoms with Crippen molar-refractivity contribution in [3.63, 3.8) is 0 Å². The number of benzene rings is 1. The van der Waals surface area contributed by atoms with Gasteiger partial charge < -0.3 is 10.1 Å². The van der Waals surface area contributed by atoms with Crippen LogP contribution in [0.15, 0.2) is 36.5 Å². The predicted octanol–water partition coefficient (Wildman–Crippen LogP) is 4.37. The highest BCUT2D eigenvalue weighted by Crippen LogP contribution is 2.26. The third kappa shape index (κ3) is 4.58. The molecular formula is C15H14F3N3O3. The zero-order valence-electron chi connectivity index (χ0n) is 12.8. The molecule has 1 aromatic carbocycles. The van der Waals surface area contributed by atoms with Crippen LogP contribution in [-0.2, 0) is 0 Å². The standard InChI is InChI=1S/C15H14F3N3O3/c1-9-7-14(19-8-13(9)21(22)23)20-10(2)11-3-5-12(6-4-11)24-15(16,17)18/h3-8,10H,1-2H3,(H,19,20)/t10-/m0/s1. The lowest BCUT2D eigenvalue weighted by molar-refractivity contribution is -0.385. The molecule has 2 rings (SSSR count). The van der Waals surface area contributed by atoms with Gasteiger partial charge in [-0.05, 0) is 37.6 Å². The highest BCUT2D eigenvalue weighted by atomic mass is 19.4. The molecule has 0 saturated carbocycles. The second-order valence-electron chi connectivity index (χ2n) is 5.10. The van der Waals surface area contributed by atoms with Gasteiger partial charge in [-0.2, -0.15) is 0 Å². The first-order valence-corrected chi connectivity index (χ1v) is 6.89. The van der Waals surface area contributed by atoms with Crippen molar-refractivity contribution in [2.45, 2.75) is 26.3 Å². The lowest BCUT2D eigenvalue weighted by Crippen LogP contribution is -2.17. The number of hydrogen-bond donors (Lipinski definition) is 1. The molecule has 0 aliphatic rings. The zero-order valence-corrected chi connectivity index (χ0v) is 12.8. The van der Waals surface area contributed by atoms with Gasteiger partial charge in [0.15, 0.2) is 0 Å². The average Bonchev–Trinajstić information content (AvgIpc) is 2.45. The molecular weight excluding hydrogens is 327 g/mol. The first-order chi connectivity index (χ1) is 11.2. The number of aryl methyl sites for hydroxylation is 1. The third-order valence-corrected chi connectivity index (χ3v) is 3.26. The van der Waals surface area contributed by atoms with Crippen LogP contribution < -0.4 is 10.1 Å². The number of halogens is 3. The Morgan fingerprint density at radius 2 is 1.92 bits per heavy atom. The summed E-state index contributed by atoms with van der Waals surface area (Å²) in [6, 6.07) is 6.70. The number of anilines is 1. The predicted molar refractivity (Wildman–Crippen MR) is 80.8 cm³/mol. The van der Waals surface area contributed by atoms with Crippen LogP contribution >= 0.6 is 0 Å². The number of nitro groups is 1. The minimum absolute atomic E-state index is 0.0816. The number of nitrogens with one attached hydrogen (secondary N) is 1. The number of nitrogens with zero attached hydrogens (tertiary/aromatic N) is 2. The molecule has 6 nitrogen and oxygen atoms in total. The van der Waals surface area contributed by atoms with E-state index in [-0.39, 0.29) is 17.5 Å². The fraction of sp³-hybridized carbons (Fsp3) is 0.267. The van der Waals surface area contributed by atoms with Crippen molar-refractivity contribution in [1.29, 1.82) is 0 Å². The number of rotatable bonds is 5. The largest absolute Gasteiger partial charge is 0.573 e. The number of alkyl halides is 3. The van der Waals surface area contributed by atoms with E-state index in [1.165, 1.54) is 30.3 Å². The van der Waals surface area contributed by atoms with Crippen LogP contribution in [0, 0.1) is 17.0 Å². The van der Waals surface area contributed by atoms with Crippen molar-refractivity contribution < 1.29 is 22.8 Å². The number of ether oxygens (including phenoxy) is 1. The molecule has 2 aromatic rings. The summed E-state index contributed by atoms with van der Waals surface area (Å²) in [6.45, 7) is 3.39. The summed E-state index contributed by atoms with van der Waals surface area (Å²) >= 11 is 0. The molecule has 24 heavy (non-hydrogen) atoms. The number of pyridine rings is 1. The summed E-state index contributed by atoms with van der Waals surface area (Å²) in [6.07, 6.45) is -3.57. The van der Waals surface area contributed by atoms with Crippen molar-refractivity contribution in [2.75, 3.05) is 5.32 Å². The van der Waals surface area contributed by atoms with E-state index in [2.05, 4.69) is 15.0 Å². The van der Waals surface area contributed by atoms with E-state index in [1.807, 2.05) is 0 Å². The maximum Gasteiger partial charge on any atom is 0.573 e. The van der Waals surface area contributed by atoms with Crippen LogP contribution in [0.3, 0.4) is 0 Å². The molecule has 0 amide bonds. The molecule has 0 spiro atoms. The maximum atomic E-state index is 12.1. The molecule has 0 radical (unpaired) electrons. The lowest BCUT2D eigenvalue weighted by atomic mass is 10.1. The van der Waals surface area contributed by atoms with Gasteiger partial charge in [0.1, 0.15) is 17.8 Å². The van der Waals surface area contributed by atoms with Crippen molar-refractivity contribution in [2.24, 2.45) is 0 Å². The van der Waals surface area contributed by atoms with Gasteiger partial charge in [0, 0.05) is 11.6 Å². The molecule has 128 valence electrons. The monoisotopic (exact) mass is 341 g/mol. The summed E-state index contributed by atoms with van der Waals surface area (Å²) in [5.74, 6) is 0.129. The second-order valence-corrected chi connectivity index (χ2v) is 5.10. The van der Waals surface area contributed by atoms with Crippen LogP contribution in [0.4, 0.5) is 24.7 Å². The Bertz CT molecular complexity index is 733. The van der Waals surface area contributed by atoms with Crippen molar-refractivity contribution in [3.8, 4) is 5.75 Å². The Morgan fingerprint density at radius 3 is 2.42 bits per heavy atom. The molecule has 1 aromatic heterocycles. The van der Waals surface area contributed by atoms with Crippen LogP contribution in [0.1, 0.15) is 24.1 Å². The summed E-state index contributed by atoms with van der Waals surface area (Å²) in [7, 11) is 0. The molecule has 0 aliphatic carbocycles. The normalized spacial score (nSPS) is 12.5. The van der Waals surface area contributed by atoms with Gasteiger partial charge in [-0.25, -0.2) is 4.98 Å². The molecule has 9 heteroatoms. The minimum atomic E-state index is -4.73. The van der Waals surface area contributed by atoms with Gasteiger partial charge in [0.2, 0.25) is 0 Å². The second kappa shape index (κ2) is 6.73. The fourth-order valence-corrected chi connectivity index (χ4v) is 2.08. The van der Waals surface area contributed by atoms with Crippen LogP contribution in [0.2, 0.25) is 0 Å². The Balaban J connectivity index is 2.08. The van der Waals surface area contributed by atoms with Crippen molar-refractivity contribution in [3.05, 3.63) is 57.8 Å². The molecule has 0 aliphatic heterocycles. The summed E-state index contributed by atoms with van der Waals surface area (Å²) < 4.78 is 40.2. The van der Waals surface area contributed by atoms with E-state index in [0.717, 1.165) is 6.20 Å². The van der Waals surface area contributed by atoms with E-state index in [0.29, 0.717) is 16.9 Å². The highest BCUT2D eigenvalue weighted by molar-refractivity contribution is 5.48. The van der Waals surface area contributed by atoms with E-state index in [4.69, 9.17) is 0 Å². The zero-order chi connectivity index (χ0) is 17.9. The molecule has 1 heterocycles. The van der Waals surface area contributed by atoms with Crippen LogP contribution in [0.25, 0.3) is 0 Å². The van der Waals surface area contributed by atoms with E-state index in [9.17, 15) is 23.3 Å². The van der Waals surface area contributed by atoms with E-state index in [1.54, 1.807) is 13.8 Å². The van der Waals surface area contributed by atoms with Crippen LogP contribution in [-0.4, -0.2) is 16.3 Å².